The fraction of sp³-hybridized carbons (Fsp3) is 0.429. The summed E-state index contributed by atoms with van der Waals surface area (Å²) in [5.74, 6) is 0.581. The van der Waals surface area contributed by atoms with Crippen LogP contribution in [0, 0.1) is 20.2 Å². The molecule has 1 fully saturated rings. The third-order valence-electron chi connectivity index (χ3n) is 4.28. The summed E-state index contributed by atoms with van der Waals surface area (Å²) in [6, 6.07) is 0. The van der Waals surface area contributed by atoms with E-state index in [1.54, 1.807) is 14.1 Å². The predicted molar refractivity (Wildman–Crippen MR) is 98.1 cm³/mol. The molecule has 1 aliphatic heterocycles. The first-order valence-electron chi connectivity index (χ1n) is 8.27. The Labute approximate surface area is 158 Å². The van der Waals surface area contributed by atoms with Gasteiger partial charge >= 0.3 is 11.6 Å². The van der Waals surface area contributed by atoms with Crippen LogP contribution in [0.1, 0.15) is 11.6 Å². The van der Waals surface area contributed by atoms with Gasteiger partial charge < -0.3 is 20.2 Å². The Kier molecular flexibility index (Phi) is 5.28. The molecule has 0 aromatic carbocycles. The Morgan fingerprint density at radius 2 is 1.21 bits per heavy atom. The molecule has 3 heterocycles. The lowest BCUT2D eigenvalue weighted by molar-refractivity contribution is -0.391. The Balaban J connectivity index is 1.55. The number of piperazine rings is 1. The summed E-state index contributed by atoms with van der Waals surface area (Å²) in [6.45, 7) is 2.39. The SMILES string of the molecule is Cn1c([N+](=O)[O-])cnc1/C=N/N1CCN(/N=C/c2ncc([N+](=O)[O-])n2C)CC1. The molecule has 1 aliphatic rings. The van der Waals surface area contributed by atoms with Crippen molar-refractivity contribution in [1.82, 2.24) is 29.1 Å². The van der Waals surface area contributed by atoms with Crippen LogP contribution in [-0.2, 0) is 14.1 Å². The summed E-state index contributed by atoms with van der Waals surface area (Å²) < 4.78 is 2.71. The average molecular weight is 390 g/mol. The average Bonchev–Trinajstić information content (AvgIpc) is 3.22. The minimum absolute atomic E-state index is 0.102. The zero-order chi connectivity index (χ0) is 20.3. The molecular weight excluding hydrogens is 372 g/mol. The molecule has 2 aromatic heterocycles. The van der Waals surface area contributed by atoms with Gasteiger partial charge in [-0.2, -0.15) is 10.2 Å². The van der Waals surface area contributed by atoms with Crippen molar-refractivity contribution in [3.05, 3.63) is 44.3 Å². The highest BCUT2D eigenvalue weighted by atomic mass is 16.6. The van der Waals surface area contributed by atoms with E-state index in [1.165, 1.54) is 34.0 Å². The normalized spacial score (nSPS) is 15.1. The van der Waals surface area contributed by atoms with E-state index in [4.69, 9.17) is 0 Å². The number of aromatic nitrogens is 4. The van der Waals surface area contributed by atoms with E-state index in [0.29, 0.717) is 37.8 Å². The largest absolute Gasteiger partial charge is 0.358 e. The van der Waals surface area contributed by atoms with E-state index in [1.807, 2.05) is 10.0 Å². The molecule has 148 valence electrons. The second kappa shape index (κ2) is 7.81. The molecule has 14 heteroatoms. The third kappa shape index (κ3) is 3.94. The van der Waals surface area contributed by atoms with E-state index < -0.39 is 9.85 Å². The lowest BCUT2D eigenvalue weighted by Crippen LogP contribution is -2.41. The molecule has 2 aromatic rings. The molecule has 0 bridgehead atoms. The Morgan fingerprint density at radius 3 is 1.50 bits per heavy atom. The van der Waals surface area contributed by atoms with E-state index in [-0.39, 0.29) is 11.6 Å². The van der Waals surface area contributed by atoms with Crippen molar-refractivity contribution >= 4 is 24.1 Å². The molecule has 3 rings (SSSR count). The van der Waals surface area contributed by atoms with Crippen LogP contribution in [-0.4, -0.2) is 77.6 Å². The number of nitro groups is 2. The van der Waals surface area contributed by atoms with Crippen molar-refractivity contribution in [2.45, 2.75) is 0 Å². The number of hydrogen-bond donors (Lipinski definition) is 0. The molecule has 0 N–H and O–H groups in total. The van der Waals surface area contributed by atoms with Gasteiger partial charge in [-0.1, -0.05) is 0 Å². The van der Waals surface area contributed by atoms with Crippen molar-refractivity contribution in [3.8, 4) is 0 Å². The van der Waals surface area contributed by atoms with Crippen LogP contribution in [0.25, 0.3) is 0 Å². The molecule has 1 saturated heterocycles. The van der Waals surface area contributed by atoms with Crippen LogP contribution in [0.5, 0.6) is 0 Å². The van der Waals surface area contributed by atoms with Crippen LogP contribution < -0.4 is 0 Å². The highest BCUT2D eigenvalue weighted by molar-refractivity contribution is 5.75. The minimum atomic E-state index is -0.503. The van der Waals surface area contributed by atoms with Gasteiger partial charge in [-0.15, -0.1) is 0 Å². The summed E-state index contributed by atoms with van der Waals surface area (Å²) in [4.78, 5) is 28.6. The zero-order valence-electron chi connectivity index (χ0n) is 15.2. The Hall–Kier alpha value is -3.84. The molecule has 28 heavy (non-hydrogen) atoms. The second-order valence-corrected chi connectivity index (χ2v) is 5.98. The minimum Gasteiger partial charge on any atom is -0.358 e. The predicted octanol–water partition coefficient (Wildman–Crippen LogP) is -0.0444. The molecule has 0 atom stereocenters. The van der Waals surface area contributed by atoms with Crippen LogP contribution in [0.2, 0.25) is 0 Å². The summed E-state index contributed by atoms with van der Waals surface area (Å²) in [7, 11) is 3.11. The maximum Gasteiger partial charge on any atom is 0.342 e. The van der Waals surface area contributed by atoms with Crippen LogP contribution in [0.3, 0.4) is 0 Å². The molecule has 0 unspecified atom stereocenters. The van der Waals surface area contributed by atoms with Gasteiger partial charge in [-0.25, -0.2) is 19.1 Å². The summed E-state index contributed by atoms with van der Waals surface area (Å²) in [6.07, 6.45) is 5.35. The number of nitrogens with zero attached hydrogens (tertiary/aromatic N) is 10. The van der Waals surface area contributed by atoms with E-state index >= 15 is 0 Å². The van der Waals surface area contributed by atoms with Crippen molar-refractivity contribution in [2.24, 2.45) is 24.3 Å². The topological polar surface area (TPSA) is 153 Å². The number of imidazole rings is 2. The summed E-state index contributed by atoms with van der Waals surface area (Å²) in [5, 5.41) is 33.9. The molecule has 0 radical (unpaired) electrons. The van der Waals surface area contributed by atoms with Crippen LogP contribution in [0.4, 0.5) is 11.6 Å². The monoisotopic (exact) mass is 390 g/mol. The van der Waals surface area contributed by atoms with Gasteiger partial charge in [0.15, 0.2) is 0 Å². The van der Waals surface area contributed by atoms with Gasteiger partial charge in [0, 0.05) is 0 Å². The standard InChI is InChI=1S/C14H18N10O4/c1-19-11(15-9-13(19)23(25)26)7-17-21-3-5-22(6-4-21)18-8-12-16-10-14(20(12)2)24(27)28/h7-10H,3-6H2,1-2H3/b17-7+,18-8+. The molecular formula is C14H18N10O4. The maximum atomic E-state index is 10.8. The van der Waals surface area contributed by atoms with Gasteiger partial charge in [0.25, 0.3) is 0 Å². The fourth-order valence-corrected chi connectivity index (χ4v) is 2.59. The lowest BCUT2D eigenvalue weighted by Gasteiger charge is -2.30. The van der Waals surface area contributed by atoms with Crippen molar-refractivity contribution in [2.75, 3.05) is 26.2 Å². The Morgan fingerprint density at radius 1 is 0.857 bits per heavy atom. The number of hydrazone groups is 2. The summed E-state index contributed by atoms with van der Waals surface area (Å²) >= 11 is 0. The zero-order valence-corrected chi connectivity index (χ0v) is 15.2. The van der Waals surface area contributed by atoms with Gasteiger partial charge in [0.05, 0.1) is 40.3 Å². The fourth-order valence-electron chi connectivity index (χ4n) is 2.59. The second-order valence-electron chi connectivity index (χ2n) is 5.98. The molecule has 0 amide bonds. The quantitative estimate of drug-likeness (QED) is 0.378. The third-order valence-corrected chi connectivity index (χ3v) is 4.28. The highest BCUT2D eigenvalue weighted by Crippen LogP contribution is 2.12. The lowest BCUT2D eigenvalue weighted by atomic mass is 10.4. The van der Waals surface area contributed by atoms with Gasteiger partial charge in [-0.05, 0) is 9.85 Å². The molecule has 0 saturated carbocycles. The summed E-state index contributed by atoms with van der Waals surface area (Å²) in [5.41, 5.74) is 0. The van der Waals surface area contributed by atoms with E-state index in [2.05, 4.69) is 20.2 Å². The van der Waals surface area contributed by atoms with Crippen molar-refractivity contribution in [1.29, 1.82) is 0 Å². The molecule has 14 nitrogen and oxygen atoms in total. The first-order chi connectivity index (χ1) is 13.4. The first-order valence-corrected chi connectivity index (χ1v) is 8.27. The highest BCUT2D eigenvalue weighted by Gasteiger charge is 2.18. The smallest absolute Gasteiger partial charge is 0.342 e. The Bertz CT molecular complexity index is 862. The maximum absolute atomic E-state index is 10.8. The number of hydrogen-bond acceptors (Lipinski definition) is 10. The van der Waals surface area contributed by atoms with Gasteiger partial charge in [0.2, 0.25) is 11.6 Å². The number of rotatable bonds is 6. The molecule has 0 spiro atoms. The van der Waals surface area contributed by atoms with Crippen molar-refractivity contribution < 1.29 is 9.85 Å². The van der Waals surface area contributed by atoms with Crippen LogP contribution >= 0.6 is 0 Å². The van der Waals surface area contributed by atoms with Gasteiger partial charge in [0.1, 0.15) is 24.8 Å². The van der Waals surface area contributed by atoms with Crippen LogP contribution in [0.15, 0.2) is 22.6 Å². The van der Waals surface area contributed by atoms with Crippen molar-refractivity contribution in [3.63, 3.8) is 0 Å². The van der Waals surface area contributed by atoms with E-state index in [9.17, 15) is 20.2 Å². The first kappa shape index (κ1) is 18.9. The molecule has 0 aliphatic carbocycles. The van der Waals surface area contributed by atoms with Gasteiger partial charge in [-0.3, -0.25) is 10.0 Å². The van der Waals surface area contributed by atoms with E-state index in [0.717, 1.165) is 0 Å².